The van der Waals surface area contributed by atoms with Crippen molar-refractivity contribution >= 4 is 21.6 Å². The van der Waals surface area contributed by atoms with Gasteiger partial charge in [0.2, 0.25) is 0 Å². The Morgan fingerprint density at radius 3 is 2.83 bits per heavy atom. The third-order valence-electron chi connectivity index (χ3n) is 5.06. The normalized spacial score (nSPS) is 14.8. The van der Waals surface area contributed by atoms with E-state index in [1.54, 1.807) is 23.1 Å². The van der Waals surface area contributed by atoms with Crippen LogP contribution in [0.5, 0.6) is 0 Å². The molecule has 9 heteroatoms. The molecule has 0 radical (unpaired) electrons. The Balaban J connectivity index is 1.55. The number of aromatic nitrogens is 3. The molecule has 30 heavy (non-hydrogen) atoms. The maximum atomic E-state index is 13.3. The Morgan fingerprint density at radius 1 is 1.20 bits per heavy atom. The van der Waals surface area contributed by atoms with Crippen LogP contribution in [0.25, 0.3) is 0 Å². The van der Waals surface area contributed by atoms with Gasteiger partial charge in [0.05, 0.1) is 17.1 Å². The van der Waals surface area contributed by atoms with Gasteiger partial charge in [-0.25, -0.2) is 13.4 Å². The zero-order valence-electron chi connectivity index (χ0n) is 16.6. The zero-order valence-corrected chi connectivity index (χ0v) is 17.4. The van der Waals surface area contributed by atoms with Crippen molar-refractivity contribution < 1.29 is 13.2 Å². The molecule has 0 saturated carbocycles. The van der Waals surface area contributed by atoms with Crippen molar-refractivity contribution in [2.45, 2.75) is 37.2 Å². The second-order valence-electron chi connectivity index (χ2n) is 7.33. The summed E-state index contributed by atoms with van der Waals surface area (Å²) in [6.07, 6.45) is 4.62. The lowest BCUT2D eigenvalue weighted by Crippen LogP contribution is -2.37. The molecular weight excluding hydrogens is 402 g/mol. The highest BCUT2D eigenvalue weighted by Crippen LogP contribution is 2.31. The lowest BCUT2D eigenvalue weighted by Gasteiger charge is -2.30. The van der Waals surface area contributed by atoms with Gasteiger partial charge >= 0.3 is 0 Å². The van der Waals surface area contributed by atoms with Crippen molar-refractivity contribution in [1.29, 1.82) is 0 Å². The van der Waals surface area contributed by atoms with E-state index in [2.05, 4.69) is 15.4 Å². The van der Waals surface area contributed by atoms with Gasteiger partial charge in [-0.15, -0.1) is 0 Å². The predicted octanol–water partition coefficient (Wildman–Crippen LogP) is 2.24. The lowest BCUT2D eigenvalue weighted by molar-refractivity contribution is 0.0935. The first kappa shape index (κ1) is 20.1. The van der Waals surface area contributed by atoms with Crippen molar-refractivity contribution in [2.75, 3.05) is 10.8 Å². The number of nitrogens with zero attached hydrogens (tertiary/aromatic N) is 4. The molecule has 0 aliphatic carbocycles. The lowest BCUT2D eigenvalue weighted by atomic mass is 10.0. The second-order valence-corrected chi connectivity index (χ2v) is 9.19. The van der Waals surface area contributed by atoms with Gasteiger partial charge in [0.15, 0.2) is 0 Å². The molecule has 1 aliphatic heterocycles. The molecule has 2 heterocycles. The van der Waals surface area contributed by atoms with Gasteiger partial charge in [0.25, 0.3) is 15.9 Å². The van der Waals surface area contributed by atoms with Crippen molar-refractivity contribution in [1.82, 2.24) is 20.1 Å². The molecule has 3 aromatic rings. The Hall–Kier alpha value is -3.20. The van der Waals surface area contributed by atoms with Crippen LogP contribution in [0, 0.1) is 0 Å². The second kappa shape index (κ2) is 8.27. The third kappa shape index (κ3) is 4.06. The predicted molar refractivity (Wildman–Crippen MR) is 113 cm³/mol. The molecule has 1 aliphatic rings. The summed E-state index contributed by atoms with van der Waals surface area (Å²) >= 11 is 0. The number of nitrogens with one attached hydrogen (secondary N) is 1. The van der Waals surface area contributed by atoms with Crippen molar-refractivity contribution in [3.05, 3.63) is 72.3 Å². The van der Waals surface area contributed by atoms with Crippen LogP contribution >= 0.6 is 0 Å². The van der Waals surface area contributed by atoms with E-state index >= 15 is 0 Å². The van der Waals surface area contributed by atoms with Gasteiger partial charge in [-0.05, 0) is 49.6 Å². The van der Waals surface area contributed by atoms with Crippen LogP contribution < -0.4 is 9.62 Å². The molecule has 0 saturated heterocycles. The fraction of sp³-hybridized carbons (Fsp3) is 0.286. The summed E-state index contributed by atoms with van der Waals surface area (Å²) in [5.41, 5.74) is 2.02. The average Bonchev–Trinajstić information content (AvgIpc) is 3.26. The standard InChI is InChI=1S/C21H23N5O3S/c1-16(13-25-15-22-14-23-25)24-21(27)18-7-4-9-19(12-18)30(28,29)26-11-5-8-17-6-2-3-10-20(17)26/h2-4,6-7,9-10,12,14-16H,5,8,11,13H2,1H3,(H,24,27). The molecule has 1 aromatic heterocycles. The summed E-state index contributed by atoms with van der Waals surface area (Å²) < 4.78 is 29.7. The highest BCUT2D eigenvalue weighted by molar-refractivity contribution is 7.92. The molecule has 1 amide bonds. The number of sulfonamides is 1. The first-order chi connectivity index (χ1) is 14.4. The zero-order chi connectivity index (χ0) is 21.1. The van der Waals surface area contributed by atoms with Crippen LogP contribution in [0.4, 0.5) is 5.69 Å². The van der Waals surface area contributed by atoms with E-state index in [4.69, 9.17) is 0 Å². The van der Waals surface area contributed by atoms with Crippen LogP contribution in [0.3, 0.4) is 0 Å². The number of benzene rings is 2. The SMILES string of the molecule is CC(Cn1cncn1)NC(=O)c1cccc(S(=O)(=O)N2CCCc3ccccc32)c1. The van der Waals surface area contributed by atoms with Crippen LogP contribution in [0.1, 0.15) is 29.3 Å². The highest BCUT2D eigenvalue weighted by Gasteiger charge is 2.29. The van der Waals surface area contributed by atoms with Crippen LogP contribution in [0.15, 0.2) is 66.1 Å². The van der Waals surface area contributed by atoms with Crippen molar-refractivity contribution in [2.24, 2.45) is 0 Å². The van der Waals surface area contributed by atoms with E-state index in [1.807, 2.05) is 31.2 Å². The molecule has 1 N–H and O–H groups in total. The number of fused-ring (bicyclic) bond motifs is 1. The van der Waals surface area contributed by atoms with E-state index in [-0.39, 0.29) is 16.8 Å². The third-order valence-corrected chi connectivity index (χ3v) is 6.87. The summed E-state index contributed by atoms with van der Waals surface area (Å²) in [5, 5.41) is 6.89. The first-order valence-electron chi connectivity index (χ1n) is 9.79. The number of anilines is 1. The summed E-state index contributed by atoms with van der Waals surface area (Å²) in [4.78, 5) is 16.7. The molecule has 2 aromatic carbocycles. The number of carbonyl (C=O) groups excluding carboxylic acids is 1. The molecular formula is C21H23N5O3S. The molecule has 0 bridgehead atoms. The topological polar surface area (TPSA) is 97.2 Å². The van der Waals surface area contributed by atoms with E-state index in [0.717, 1.165) is 18.4 Å². The highest BCUT2D eigenvalue weighted by atomic mass is 32.2. The maximum absolute atomic E-state index is 13.3. The number of rotatable bonds is 6. The summed E-state index contributed by atoms with van der Waals surface area (Å²) in [7, 11) is -3.77. The molecule has 0 spiro atoms. The van der Waals surface area contributed by atoms with E-state index in [1.165, 1.54) is 22.8 Å². The monoisotopic (exact) mass is 425 g/mol. The van der Waals surface area contributed by atoms with Crippen molar-refractivity contribution in [3.8, 4) is 0 Å². The van der Waals surface area contributed by atoms with Gasteiger partial charge in [-0.3, -0.25) is 13.8 Å². The maximum Gasteiger partial charge on any atom is 0.264 e. The van der Waals surface area contributed by atoms with E-state index < -0.39 is 10.0 Å². The number of amides is 1. The van der Waals surface area contributed by atoms with Crippen LogP contribution in [0.2, 0.25) is 0 Å². The Kier molecular flexibility index (Phi) is 5.54. The molecule has 0 fully saturated rings. The van der Waals surface area contributed by atoms with Crippen LogP contribution in [-0.2, 0) is 23.0 Å². The smallest absolute Gasteiger partial charge is 0.264 e. The van der Waals surface area contributed by atoms with E-state index in [0.29, 0.717) is 24.3 Å². The Morgan fingerprint density at radius 2 is 2.03 bits per heavy atom. The fourth-order valence-corrected chi connectivity index (χ4v) is 5.22. The summed E-state index contributed by atoms with van der Waals surface area (Å²) in [5.74, 6) is -0.335. The molecule has 1 unspecified atom stereocenters. The average molecular weight is 426 g/mol. The van der Waals surface area contributed by atoms with Gasteiger partial charge in [-0.1, -0.05) is 24.3 Å². The minimum Gasteiger partial charge on any atom is -0.348 e. The number of hydrogen-bond acceptors (Lipinski definition) is 5. The largest absolute Gasteiger partial charge is 0.348 e. The molecule has 4 rings (SSSR count). The Labute approximate surface area is 175 Å². The summed E-state index contributed by atoms with van der Waals surface area (Å²) in [6, 6.07) is 13.5. The van der Waals surface area contributed by atoms with Crippen LogP contribution in [-0.4, -0.2) is 41.7 Å². The quantitative estimate of drug-likeness (QED) is 0.653. The molecule has 8 nitrogen and oxygen atoms in total. The van der Waals surface area contributed by atoms with Gasteiger partial charge in [0, 0.05) is 18.2 Å². The number of hydrogen-bond donors (Lipinski definition) is 1. The summed E-state index contributed by atoms with van der Waals surface area (Å²) in [6.45, 7) is 2.74. The Bertz CT molecular complexity index is 1140. The number of para-hydroxylation sites is 1. The fourth-order valence-electron chi connectivity index (χ4n) is 3.63. The first-order valence-corrected chi connectivity index (χ1v) is 11.2. The minimum atomic E-state index is -3.77. The molecule has 1 atom stereocenters. The number of carbonyl (C=O) groups is 1. The van der Waals surface area contributed by atoms with Gasteiger partial charge < -0.3 is 5.32 Å². The van der Waals surface area contributed by atoms with Gasteiger partial charge in [-0.2, -0.15) is 5.10 Å². The van der Waals surface area contributed by atoms with Gasteiger partial charge in [0.1, 0.15) is 12.7 Å². The minimum absolute atomic E-state index is 0.107. The van der Waals surface area contributed by atoms with E-state index in [9.17, 15) is 13.2 Å². The number of aryl methyl sites for hydroxylation is 1. The molecule has 156 valence electrons. The van der Waals surface area contributed by atoms with Crippen molar-refractivity contribution in [3.63, 3.8) is 0 Å².